The normalized spacial score (nSPS) is 41.7. The number of rotatable bonds is 1. The summed E-state index contributed by atoms with van der Waals surface area (Å²) in [5.74, 6) is 0. The van der Waals surface area contributed by atoms with Gasteiger partial charge >= 0.3 is 0 Å². The monoisotopic (exact) mass is 150 g/mol. The van der Waals surface area contributed by atoms with Crippen LogP contribution in [0.2, 0.25) is 0 Å². The fourth-order valence-electron chi connectivity index (χ4n) is 1.36. The molecule has 2 unspecified atom stereocenters. The van der Waals surface area contributed by atoms with Crippen LogP contribution >= 0.6 is 0 Å². The Bertz CT molecular complexity index is 97.8. The van der Waals surface area contributed by atoms with Crippen LogP contribution in [0.3, 0.4) is 0 Å². The Morgan fingerprint density at radius 1 is 1.20 bits per heavy atom. The number of hydrogen-bond donors (Lipinski definition) is 0. The SMILES string of the molecule is COC1C(F)CCCC1F. The highest BCUT2D eigenvalue weighted by molar-refractivity contribution is 4.82. The van der Waals surface area contributed by atoms with E-state index in [-0.39, 0.29) is 0 Å². The zero-order valence-electron chi connectivity index (χ0n) is 6.02. The summed E-state index contributed by atoms with van der Waals surface area (Å²) in [6, 6.07) is 0. The Labute approximate surface area is 59.4 Å². The van der Waals surface area contributed by atoms with Crippen molar-refractivity contribution in [3.8, 4) is 0 Å². The van der Waals surface area contributed by atoms with E-state index >= 15 is 0 Å². The van der Waals surface area contributed by atoms with E-state index in [1.165, 1.54) is 7.11 Å². The maximum Gasteiger partial charge on any atom is 0.129 e. The van der Waals surface area contributed by atoms with Crippen molar-refractivity contribution in [1.82, 2.24) is 0 Å². The van der Waals surface area contributed by atoms with Crippen molar-refractivity contribution in [1.29, 1.82) is 0 Å². The van der Waals surface area contributed by atoms with Crippen molar-refractivity contribution in [2.75, 3.05) is 7.11 Å². The average molecular weight is 150 g/mol. The van der Waals surface area contributed by atoms with Crippen molar-refractivity contribution in [3.05, 3.63) is 0 Å². The molecule has 0 aliphatic heterocycles. The molecule has 0 N–H and O–H groups in total. The molecule has 1 nitrogen and oxygen atoms in total. The van der Waals surface area contributed by atoms with Crippen LogP contribution in [0, 0.1) is 0 Å². The van der Waals surface area contributed by atoms with Crippen LogP contribution in [0.5, 0.6) is 0 Å². The lowest BCUT2D eigenvalue weighted by Gasteiger charge is -2.27. The van der Waals surface area contributed by atoms with Gasteiger partial charge in [-0.1, -0.05) is 0 Å². The molecule has 3 heteroatoms. The second kappa shape index (κ2) is 3.28. The standard InChI is InChI=1S/C7H12F2O/c1-10-7-5(8)3-2-4-6(7)9/h5-7H,2-4H2,1H3. The molecule has 60 valence electrons. The van der Waals surface area contributed by atoms with E-state index in [2.05, 4.69) is 4.74 Å². The second-order valence-electron chi connectivity index (χ2n) is 2.66. The van der Waals surface area contributed by atoms with Crippen LogP contribution in [-0.2, 0) is 4.74 Å². The van der Waals surface area contributed by atoms with Crippen molar-refractivity contribution in [3.63, 3.8) is 0 Å². The summed E-state index contributed by atoms with van der Waals surface area (Å²) in [6.45, 7) is 0. The Balaban J connectivity index is 2.45. The van der Waals surface area contributed by atoms with Crippen LogP contribution < -0.4 is 0 Å². The van der Waals surface area contributed by atoms with Crippen molar-refractivity contribution in [2.45, 2.75) is 37.7 Å². The van der Waals surface area contributed by atoms with E-state index in [1.54, 1.807) is 0 Å². The topological polar surface area (TPSA) is 9.23 Å². The molecule has 1 aliphatic rings. The molecule has 0 radical (unpaired) electrons. The lowest BCUT2D eigenvalue weighted by atomic mass is 9.94. The van der Waals surface area contributed by atoms with Gasteiger partial charge in [0.25, 0.3) is 0 Å². The first-order valence-electron chi connectivity index (χ1n) is 3.56. The Morgan fingerprint density at radius 2 is 1.70 bits per heavy atom. The van der Waals surface area contributed by atoms with Gasteiger partial charge < -0.3 is 4.74 Å². The Hall–Kier alpha value is -0.180. The summed E-state index contributed by atoms with van der Waals surface area (Å²) in [5.41, 5.74) is 0. The first-order chi connectivity index (χ1) is 4.75. The maximum atomic E-state index is 12.7. The number of hydrogen-bond acceptors (Lipinski definition) is 1. The molecular formula is C7H12F2O. The summed E-state index contributed by atoms with van der Waals surface area (Å²) >= 11 is 0. The number of alkyl halides is 2. The molecule has 0 spiro atoms. The van der Waals surface area contributed by atoms with Crippen LogP contribution in [0.1, 0.15) is 19.3 Å². The minimum absolute atomic E-state index is 0.443. The van der Waals surface area contributed by atoms with Gasteiger partial charge in [0.15, 0.2) is 0 Å². The first-order valence-corrected chi connectivity index (χ1v) is 3.56. The van der Waals surface area contributed by atoms with Crippen LogP contribution in [-0.4, -0.2) is 25.6 Å². The van der Waals surface area contributed by atoms with Crippen LogP contribution in [0.4, 0.5) is 8.78 Å². The van der Waals surface area contributed by atoms with Crippen molar-refractivity contribution >= 4 is 0 Å². The summed E-state index contributed by atoms with van der Waals surface area (Å²) < 4.78 is 30.1. The summed E-state index contributed by atoms with van der Waals surface area (Å²) in [7, 11) is 1.36. The van der Waals surface area contributed by atoms with E-state index < -0.39 is 18.4 Å². The van der Waals surface area contributed by atoms with Gasteiger partial charge in [0.2, 0.25) is 0 Å². The predicted molar refractivity (Wildman–Crippen MR) is 34.4 cm³/mol. The highest BCUT2D eigenvalue weighted by Gasteiger charge is 2.33. The molecule has 1 saturated carbocycles. The predicted octanol–water partition coefficient (Wildman–Crippen LogP) is 1.86. The Kier molecular flexibility index (Phi) is 2.60. The zero-order chi connectivity index (χ0) is 7.56. The third-order valence-electron chi connectivity index (χ3n) is 1.94. The zero-order valence-corrected chi connectivity index (χ0v) is 6.02. The van der Waals surface area contributed by atoms with Gasteiger partial charge in [0.1, 0.15) is 18.4 Å². The fourth-order valence-corrected chi connectivity index (χ4v) is 1.36. The molecule has 1 rings (SSSR count). The number of methoxy groups -OCH3 is 1. The molecule has 0 amide bonds. The molecule has 0 aromatic heterocycles. The Morgan fingerprint density at radius 3 is 2.00 bits per heavy atom. The van der Waals surface area contributed by atoms with Crippen LogP contribution in [0.15, 0.2) is 0 Å². The van der Waals surface area contributed by atoms with E-state index in [1.807, 2.05) is 0 Å². The fraction of sp³-hybridized carbons (Fsp3) is 1.00. The van der Waals surface area contributed by atoms with Gasteiger partial charge in [-0.3, -0.25) is 0 Å². The van der Waals surface area contributed by atoms with Gasteiger partial charge in [-0.05, 0) is 19.3 Å². The third-order valence-corrected chi connectivity index (χ3v) is 1.94. The molecule has 2 atom stereocenters. The maximum absolute atomic E-state index is 12.7. The molecule has 0 aromatic carbocycles. The van der Waals surface area contributed by atoms with Gasteiger partial charge in [-0.25, -0.2) is 8.78 Å². The van der Waals surface area contributed by atoms with Gasteiger partial charge in [-0.2, -0.15) is 0 Å². The van der Waals surface area contributed by atoms with Crippen molar-refractivity contribution < 1.29 is 13.5 Å². The lowest BCUT2D eigenvalue weighted by molar-refractivity contribution is -0.0457. The summed E-state index contributed by atoms with van der Waals surface area (Å²) in [5, 5.41) is 0. The molecular weight excluding hydrogens is 138 g/mol. The second-order valence-corrected chi connectivity index (χ2v) is 2.66. The van der Waals surface area contributed by atoms with E-state index in [9.17, 15) is 8.78 Å². The average Bonchev–Trinajstić information content (AvgIpc) is 1.88. The van der Waals surface area contributed by atoms with Gasteiger partial charge in [-0.15, -0.1) is 0 Å². The molecule has 0 heterocycles. The minimum Gasteiger partial charge on any atom is -0.375 e. The van der Waals surface area contributed by atoms with Gasteiger partial charge in [0, 0.05) is 7.11 Å². The van der Waals surface area contributed by atoms with Crippen LogP contribution in [0.25, 0.3) is 0 Å². The number of ether oxygens (including phenoxy) is 1. The quantitative estimate of drug-likeness (QED) is 0.554. The summed E-state index contributed by atoms with van der Waals surface area (Å²) in [4.78, 5) is 0. The minimum atomic E-state index is -1.10. The van der Waals surface area contributed by atoms with Crippen molar-refractivity contribution in [2.24, 2.45) is 0 Å². The first kappa shape index (κ1) is 7.92. The number of halogens is 2. The molecule has 10 heavy (non-hydrogen) atoms. The molecule has 0 bridgehead atoms. The molecule has 0 saturated heterocycles. The summed E-state index contributed by atoms with van der Waals surface area (Å²) in [6.07, 6.45) is -1.49. The largest absolute Gasteiger partial charge is 0.375 e. The highest BCUT2D eigenvalue weighted by Crippen LogP contribution is 2.25. The third kappa shape index (κ3) is 1.45. The van der Waals surface area contributed by atoms with E-state index in [4.69, 9.17) is 0 Å². The molecule has 0 aromatic rings. The highest BCUT2D eigenvalue weighted by atomic mass is 19.1. The smallest absolute Gasteiger partial charge is 0.129 e. The van der Waals surface area contributed by atoms with E-state index in [0.717, 1.165) is 0 Å². The molecule has 1 aliphatic carbocycles. The lowest BCUT2D eigenvalue weighted by Crippen LogP contribution is -2.37. The molecule has 1 fully saturated rings. The van der Waals surface area contributed by atoms with Gasteiger partial charge in [0.05, 0.1) is 0 Å². The van der Waals surface area contributed by atoms with E-state index in [0.29, 0.717) is 19.3 Å².